The standard InChI is InChI=1S/C25H23BrN4O2S/c1-25(2,3)33(31)30-22(14-17-7-6-8-18(15-27)28-17)19-9-4-5-10-20(19)24-21-12-11-16(26)13-23(21)32-29-24/h4-13,22,30H,14H2,1-3H3/t22-,33-/m0/s1. The van der Waals surface area contributed by atoms with Gasteiger partial charge >= 0.3 is 0 Å². The van der Waals surface area contributed by atoms with Gasteiger partial charge in [0, 0.05) is 27.5 Å². The summed E-state index contributed by atoms with van der Waals surface area (Å²) >= 11 is 3.47. The quantitative estimate of drug-likeness (QED) is 0.342. The summed E-state index contributed by atoms with van der Waals surface area (Å²) in [6.45, 7) is 5.78. The Balaban J connectivity index is 1.81. The van der Waals surface area contributed by atoms with Gasteiger partial charge in [-0.3, -0.25) is 0 Å². The van der Waals surface area contributed by atoms with E-state index < -0.39 is 15.7 Å². The average Bonchev–Trinajstić information content (AvgIpc) is 3.21. The summed E-state index contributed by atoms with van der Waals surface area (Å²) in [5.74, 6) is 0. The number of benzene rings is 2. The number of nitrogens with zero attached hydrogens (tertiary/aromatic N) is 3. The van der Waals surface area contributed by atoms with Crippen LogP contribution in [0.2, 0.25) is 0 Å². The molecule has 0 unspecified atom stereocenters. The SMILES string of the molecule is CC(C)(C)[S@](=O)N[C@@H](Cc1cccc(C#N)n1)c1ccccc1-c1noc2cc(Br)ccc12. The van der Waals surface area contributed by atoms with Crippen LogP contribution >= 0.6 is 15.9 Å². The van der Waals surface area contributed by atoms with Gasteiger partial charge in [-0.15, -0.1) is 0 Å². The molecule has 8 heteroatoms. The predicted molar refractivity (Wildman–Crippen MR) is 134 cm³/mol. The zero-order valence-corrected chi connectivity index (χ0v) is 20.9. The maximum Gasteiger partial charge on any atom is 0.168 e. The highest BCUT2D eigenvalue weighted by atomic mass is 79.9. The molecule has 4 aromatic rings. The van der Waals surface area contributed by atoms with Gasteiger partial charge in [0.05, 0.1) is 21.8 Å². The Morgan fingerprint density at radius 2 is 1.94 bits per heavy atom. The number of nitriles is 1. The van der Waals surface area contributed by atoms with Gasteiger partial charge in [0.25, 0.3) is 0 Å². The lowest BCUT2D eigenvalue weighted by Gasteiger charge is -2.26. The smallest absolute Gasteiger partial charge is 0.168 e. The Hall–Kier alpha value is -2.86. The number of hydrogen-bond donors (Lipinski definition) is 1. The van der Waals surface area contributed by atoms with Gasteiger partial charge in [-0.05, 0) is 56.7 Å². The fourth-order valence-electron chi connectivity index (χ4n) is 3.51. The fraction of sp³-hybridized carbons (Fsp3) is 0.240. The first-order chi connectivity index (χ1) is 15.8. The summed E-state index contributed by atoms with van der Waals surface area (Å²) in [7, 11) is -1.33. The number of rotatable bonds is 6. The van der Waals surface area contributed by atoms with E-state index in [2.05, 4.69) is 36.9 Å². The molecule has 0 bridgehead atoms. The normalized spacial score (nSPS) is 13.5. The molecule has 0 radical (unpaired) electrons. The topological polar surface area (TPSA) is 91.8 Å². The molecule has 0 fully saturated rings. The second-order valence-electron chi connectivity index (χ2n) is 8.64. The van der Waals surface area contributed by atoms with Crippen molar-refractivity contribution in [3.63, 3.8) is 0 Å². The van der Waals surface area contributed by atoms with E-state index in [4.69, 9.17) is 4.52 Å². The highest BCUT2D eigenvalue weighted by molar-refractivity contribution is 9.10. The third-order valence-corrected chi connectivity index (χ3v) is 7.27. The number of halogens is 1. The summed E-state index contributed by atoms with van der Waals surface area (Å²) in [6, 6.07) is 20.8. The molecule has 0 amide bonds. The van der Waals surface area contributed by atoms with Crippen molar-refractivity contribution in [1.29, 1.82) is 5.26 Å². The first-order valence-corrected chi connectivity index (χ1v) is 12.4. The summed E-state index contributed by atoms with van der Waals surface area (Å²) in [6.07, 6.45) is 0.454. The van der Waals surface area contributed by atoms with Gasteiger partial charge in [0.1, 0.15) is 17.5 Å². The van der Waals surface area contributed by atoms with Crippen LogP contribution in [0.25, 0.3) is 22.2 Å². The number of pyridine rings is 1. The van der Waals surface area contributed by atoms with Crippen LogP contribution in [0, 0.1) is 11.3 Å². The summed E-state index contributed by atoms with van der Waals surface area (Å²) in [4.78, 5) is 4.44. The Bertz CT molecular complexity index is 1370. The van der Waals surface area contributed by atoms with Gasteiger partial charge in [0.15, 0.2) is 5.58 Å². The molecule has 4 rings (SSSR count). The van der Waals surface area contributed by atoms with Crippen LogP contribution in [0.1, 0.15) is 43.8 Å². The van der Waals surface area contributed by atoms with Crippen LogP contribution in [-0.2, 0) is 17.4 Å². The third kappa shape index (κ3) is 5.22. The molecule has 2 heterocycles. The van der Waals surface area contributed by atoms with E-state index in [-0.39, 0.29) is 6.04 Å². The lowest BCUT2D eigenvalue weighted by atomic mass is 9.94. The van der Waals surface area contributed by atoms with Gasteiger partial charge < -0.3 is 4.52 Å². The Kier molecular flexibility index (Phi) is 6.75. The number of hydrogen-bond acceptors (Lipinski definition) is 5. The van der Waals surface area contributed by atoms with Crippen LogP contribution in [0.3, 0.4) is 0 Å². The molecular formula is C25H23BrN4O2S. The van der Waals surface area contributed by atoms with Crippen molar-refractivity contribution < 1.29 is 8.73 Å². The summed E-state index contributed by atoms with van der Waals surface area (Å²) < 4.78 is 22.4. The van der Waals surface area contributed by atoms with Crippen LogP contribution < -0.4 is 4.72 Å². The van der Waals surface area contributed by atoms with Crippen molar-refractivity contribution >= 4 is 37.9 Å². The van der Waals surface area contributed by atoms with Gasteiger partial charge in [-0.2, -0.15) is 5.26 Å². The lowest BCUT2D eigenvalue weighted by Crippen LogP contribution is -2.36. The third-order valence-electron chi connectivity index (χ3n) is 5.17. The first kappa shape index (κ1) is 23.3. The maximum absolute atomic E-state index is 13.1. The molecule has 0 aliphatic heterocycles. The molecule has 0 aliphatic carbocycles. The van der Waals surface area contributed by atoms with E-state index in [9.17, 15) is 9.47 Å². The van der Waals surface area contributed by atoms with Crippen LogP contribution in [0.4, 0.5) is 0 Å². The molecule has 0 saturated carbocycles. The van der Waals surface area contributed by atoms with Crippen molar-refractivity contribution in [3.8, 4) is 17.3 Å². The summed E-state index contributed by atoms with van der Waals surface area (Å²) in [5, 5.41) is 14.5. The van der Waals surface area contributed by atoms with Gasteiger partial charge in [-0.25, -0.2) is 13.9 Å². The zero-order valence-electron chi connectivity index (χ0n) is 18.5. The Morgan fingerprint density at radius 3 is 2.70 bits per heavy atom. The monoisotopic (exact) mass is 522 g/mol. The molecule has 168 valence electrons. The fourth-order valence-corrected chi connectivity index (χ4v) is 4.67. The zero-order chi connectivity index (χ0) is 23.6. The highest BCUT2D eigenvalue weighted by Gasteiger charge is 2.27. The van der Waals surface area contributed by atoms with Crippen molar-refractivity contribution in [2.75, 3.05) is 0 Å². The molecule has 1 N–H and O–H groups in total. The lowest BCUT2D eigenvalue weighted by molar-refractivity contribution is 0.459. The van der Waals surface area contributed by atoms with Crippen LogP contribution in [0.5, 0.6) is 0 Å². The molecule has 2 aromatic carbocycles. The Labute approximate surface area is 203 Å². The van der Waals surface area contributed by atoms with Gasteiger partial charge in [0.2, 0.25) is 0 Å². The van der Waals surface area contributed by atoms with E-state index in [1.807, 2.05) is 75.4 Å². The minimum absolute atomic E-state index is 0.329. The first-order valence-electron chi connectivity index (χ1n) is 10.4. The van der Waals surface area contributed by atoms with E-state index in [1.54, 1.807) is 6.07 Å². The number of fused-ring (bicyclic) bond motifs is 1. The molecular weight excluding hydrogens is 500 g/mol. The van der Waals surface area contributed by atoms with Crippen LogP contribution in [0.15, 0.2) is 69.7 Å². The van der Waals surface area contributed by atoms with E-state index in [0.717, 1.165) is 32.4 Å². The van der Waals surface area contributed by atoms with Crippen LogP contribution in [-0.4, -0.2) is 19.1 Å². The van der Waals surface area contributed by atoms with Crippen molar-refractivity contribution in [3.05, 3.63) is 82.1 Å². The second-order valence-corrected chi connectivity index (χ2v) is 11.6. The molecule has 6 nitrogen and oxygen atoms in total. The van der Waals surface area contributed by atoms with Crippen molar-refractivity contribution in [1.82, 2.24) is 14.9 Å². The molecule has 0 aliphatic rings. The van der Waals surface area contributed by atoms with E-state index >= 15 is 0 Å². The second kappa shape index (κ2) is 9.56. The Morgan fingerprint density at radius 1 is 1.15 bits per heavy atom. The summed E-state index contributed by atoms with van der Waals surface area (Å²) in [5.41, 5.74) is 4.31. The number of nitrogens with one attached hydrogen (secondary N) is 1. The average molecular weight is 523 g/mol. The van der Waals surface area contributed by atoms with E-state index in [0.29, 0.717) is 17.7 Å². The molecule has 2 aromatic heterocycles. The minimum atomic E-state index is -1.33. The molecule has 2 atom stereocenters. The molecule has 33 heavy (non-hydrogen) atoms. The largest absolute Gasteiger partial charge is 0.356 e. The predicted octanol–water partition coefficient (Wildman–Crippen LogP) is 5.86. The van der Waals surface area contributed by atoms with Crippen molar-refractivity contribution in [2.45, 2.75) is 38.0 Å². The van der Waals surface area contributed by atoms with Crippen molar-refractivity contribution in [2.24, 2.45) is 0 Å². The number of aromatic nitrogens is 2. The van der Waals surface area contributed by atoms with Gasteiger partial charge in [-0.1, -0.05) is 51.4 Å². The molecule has 0 spiro atoms. The maximum atomic E-state index is 13.1. The molecule has 0 saturated heterocycles. The minimum Gasteiger partial charge on any atom is -0.356 e. The van der Waals surface area contributed by atoms with E-state index in [1.165, 1.54) is 0 Å². The highest BCUT2D eigenvalue weighted by Crippen LogP contribution is 2.35.